The molecule has 0 aromatic heterocycles. The lowest BCUT2D eigenvalue weighted by atomic mass is 10.1. The fourth-order valence-electron chi connectivity index (χ4n) is 1.57. The number of ether oxygens (including phenoxy) is 2. The predicted molar refractivity (Wildman–Crippen MR) is 68.6 cm³/mol. The fraction of sp³-hybridized carbons (Fsp3) is 0.133. The van der Waals surface area contributed by atoms with Crippen molar-refractivity contribution in [3.63, 3.8) is 0 Å². The molecule has 0 radical (unpaired) electrons. The number of rotatable bonds is 5. The van der Waals surface area contributed by atoms with Gasteiger partial charge in [0.2, 0.25) is 5.78 Å². The second-order valence-electron chi connectivity index (χ2n) is 3.73. The minimum Gasteiger partial charge on any atom is -0.457 e. The third kappa shape index (κ3) is 2.96. The van der Waals surface area contributed by atoms with Gasteiger partial charge in [0.1, 0.15) is 5.75 Å². The molecular weight excluding hydrogens is 228 g/mol. The molecular formula is C15H14O3. The van der Waals surface area contributed by atoms with Gasteiger partial charge in [-0.2, -0.15) is 0 Å². The number of methoxy groups -OCH3 is 1. The maximum atomic E-state index is 12.1. The molecule has 0 spiro atoms. The summed E-state index contributed by atoms with van der Waals surface area (Å²) in [5.41, 5.74) is 0.570. The van der Waals surface area contributed by atoms with E-state index in [1.54, 1.807) is 24.3 Å². The highest BCUT2D eigenvalue weighted by molar-refractivity contribution is 5.98. The van der Waals surface area contributed by atoms with Crippen LogP contribution in [-0.2, 0) is 4.74 Å². The molecule has 0 amide bonds. The molecule has 0 aliphatic carbocycles. The number of para-hydroxylation sites is 1. The molecule has 0 heterocycles. The molecule has 1 atom stereocenters. The van der Waals surface area contributed by atoms with Crippen molar-refractivity contribution in [1.82, 2.24) is 0 Å². The first-order valence-electron chi connectivity index (χ1n) is 5.65. The summed E-state index contributed by atoms with van der Waals surface area (Å²) in [4.78, 5) is 12.1. The Balaban J connectivity index is 2.12. The highest BCUT2D eigenvalue weighted by atomic mass is 16.7. The standard InChI is InChI=1S/C15H14O3/c1-17-15(18-13-10-6-3-7-11-13)14(16)12-8-4-2-5-9-12/h2-11,15H,1H3. The normalized spacial score (nSPS) is 11.8. The zero-order valence-electron chi connectivity index (χ0n) is 10.1. The number of carbonyl (C=O) groups is 1. The molecule has 0 fully saturated rings. The van der Waals surface area contributed by atoms with E-state index in [1.165, 1.54) is 7.11 Å². The lowest BCUT2D eigenvalue weighted by Crippen LogP contribution is -2.29. The molecule has 0 aliphatic rings. The van der Waals surface area contributed by atoms with E-state index in [-0.39, 0.29) is 5.78 Å². The van der Waals surface area contributed by atoms with Crippen molar-refractivity contribution in [1.29, 1.82) is 0 Å². The average Bonchev–Trinajstić information content (AvgIpc) is 2.46. The van der Waals surface area contributed by atoms with Crippen LogP contribution in [0.4, 0.5) is 0 Å². The first-order valence-corrected chi connectivity index (χ1v) is 5.65. The van der Waals surface area contributed by atoms with Gasteiger partial charge < -0.3 is 9.47 Å². The molecule has 18 heavy (non-hydrogen) atoms. The van der Waals surface area contributed by atoms with Crippen LogP contribution in [0, 0.1) is 0 Å². The van der Waals surface area contributed by atoms with E-state index >= 15 is 0 Å². The number of benzene rings is 2. The third-order valence-electron chi connectivity index (χ3n) is 2.47. The van der Waals surface area contributed by atoms with Crippen LogP contribution in [0.5, 0.6) is 5.75 Å². The molecule has 2 aromatic rings. The Hall–Kier alpha value is -2.13. The van der Waals surface area contributed by atoms with E-state index in [4.69, 9.17) is 9.47 Å². The predicted octanol–water partition coefficient (Wildman–Crippen LogP) is 2.92. The number of ketones is 1. The van der Waals surface area contributed by atoms with Crippen molar-refractivity contribution in [3.8, 4) is 5.75 Å². The number of Topliss-reactive ketones (excluding diaryl/α,β-unsaturated/α-hetero) is 1. The Morgan fingerprint density at radius 2 is 1.50 bits per heavy atom. The third-order valence-corrected chi connectivity index (χ3v) is 2.47. The number of hydrogen-bond donors (Lipinski definition) is 0. The first-order chi connectivity index (χ1) is 8.81. The van der Waals surface area contributed by atoms with Crippen molar-refractivity contribution in [2.75, 3.05) is 7.11 Å². The van der Waals surface area contributed by atoms with Gasteiger partial charge in [-0.05, 0) is 12.1 Å². The molecule has 0 saturated heterocycles. The van der Waals surface area contributed by atoms with Gasteiger partial charge in [-0.3, -0.25) is 4.79 Å². The van der Waals surface area contributed by atoms with Crippen molar-refractivity contribution < 1.29 is 14.3 Å². The van der Waals surface area contributed by atoms with Crippen LogP contribution in [0.2, 0.25) is 0 Å². The molecule has 0 saturated carbocycles. The van der Waals surface area contributed by atoms with Crippen molar-refractivity contribution in [3.05, 3.63) is 66.2 Å². The minimum atomic E-state index is -0.921. The van der Waals surface area contributed by atoms with Crippen LogP contribution in [0.15, 0.2) is 60.7 Å². The summed E-state index contributed by atoms with van der Waals surface area (Å²) in [5.74, 6) is 0.413. The summed E-state index contributed by atoms with van der Waals surface area (Å²) in [5, 5.41) is 0. The molecule has 3 nitrogen and oxygen atoms in total. The summed E-state index contributed by atoms with van der Waals surface area (Å²) >= 11 is 0. The maximum absolute atomic E-state index is 12.1. The van der Waals surface area contributed by atoms with Crippen LogP contribution < -0.4 is 4.74 Å². The summed E-state index contributed by atoms with van der Waals surface area (Å²) in [7, 11) is 1.45. The van der Waals surface area contributed by atoms with E-state index in [0.717, 1.165) is 0 Å². The zero-order valence-corrected chi connectivity index (χ0v) is 10.1. The monoisotopic (exact) mass is 242 g/mol. The SMILES string of the molecule is COC(Oc1ccccc1)C(=O)c1ccccc1. The quantitative estimate of drug-likeness (QED) is 0.597. The van der Waals surface area contributed by atoms with Gasteiger partial charge in [-0.1, -0.05) is 48.5 Å². The molecule has 0 N–H and O–H groups in total. The largest absolute Gasteiger partial charge is 0.457 e. The Morgan fingerprint density at radius 1 is 0.944 bits per heavy atom. The molecule has 0 bridgehead atoms. The van der Waals surface area contributed by atoms with Crippen molar-refractivity contribution in [2.45, 2.75) is 6.29 Å². The van der Waals surface area contributed by atoms with Crippen LogP contribution in [-0.4, -0.2) is 19.2 Å². The van der Waals surface area contributed by atoms with Crippen molar-refractivity contribution in [2.24, 2.45) is 0 Å². The fourth-order valence-corrected chi connectivity index (χ4v) is 1.57. The van der Waals surface area contributed by atoms with Gasteiger partial charge in [-0.25, -0.2) is 0 Å². The molecule has 2 rings (SSSR count). The topological polar surface area (TPSA) is 35.5 Å². The van der Waals surface area contributed by atoms with Gasteiger partial charge in [-0.15, -0.1) is 0 Å². The molecule has 0 aliphatic heterocycles. The van der Waals surface area contributed by atoms with E-state index in [1.807, 2.05) is 36.4 Å². The van der Waals surface area contributed by atoms with Gasteiger partial charge in [0.15, 0.2) is 0 Å². The lowest BCUT2D eigenvalue weighted by molar-refractivity contribution is -0.0317. The van der Waals surface area contributed by atoms with E-state index < -0.39 is 6.29 Å². The number of carbonyl (C=O) groups excluding carboxylic acids is 1. The highest BCUT2D eigenvalue weighted by Crippen LogP contribution is 2.14. The maximum Gasteiger partial charge on any atom is 0.264 e. The summed E-state index contributed by atoms with van der Waals surface area (Å²) < 4.78 is 10.6. The second kappa shape index (κ2) is 5.98. The Labute approximate surface area is 106 Å². The van der Waals surface area contributed by atoms with Gasteiger partial charge in [0, 0.05) is 12.7 Å². The van der Waals surface area contributed by atoms with Gasteiger partial charge in [0.05, 0.1) is 0 Å². The number of hydrogen-bond acceptors (Lipinski definition) is 3. The Bertz CT molecular complexity index is 494. The second-order valence-corrected chi connectivity index (χ2v) is 3.73. The Kier molecular flexibility index (Phi) is 4.10. The summed E-state index contributed by atoms with van der Waals surface area (Å²) in [6, 6.07) is 18.1. The lowest BCUT2D eigenvalue weighted by Gasteiger charge is -2.16. The summed E-state index contributed by atoms with van der Waals surface area (Å²) in [6.45, 7) is 0. The smallest absolute Gasteiger partial charge is 0.264 e. The van der Waals surface area contributed by atoms with Crippen LogP contribution >= 0.6 is 0 Å². The molecule has 2 aromatic carbocycles. The van der Waals surface area contributed by atoms with Crippen LogP contribution in [0.3, 0.4) is 0 Å². The molecule has 1 unspecified atom stereocenters. The first kappa shape index (κ1) is 12.3. The molecule has 3 heteroatoms. The van der Waals surface area contributed by atoms with Gasteiger partial charge in [0.25, 0.3) is 6.29 Å². The Morgan fingerprint density at radius 3 is 2.06 bits per heavy atom. The average molecular weight is 242 g/mol. The minimum absolute atomic E-state index is 0.193. The molecule has 92 valence electrons. The van der Waals surface area contributed by atoms with Crippen LogP contribution in [0.25, 0.3) is 0 Å². The van der Waals surface area contributed by atoms with E-state index in [9.17, 15) is 4.79 Å². The highest BCUT2D eigenvalue weighted by Gasteiger charge is 2.21. The van der Waals surface area contributed by atoms with Gasteiger partial charge >= 0.3 is 0 Å². The van der Waals surface area contributed by atoms with Crippen molar-refractivity contribution >= 4 is 5.78 Å². The zero-order chi connectivity index (χ0) is 12.8. The van der Waals surface area contributed by atoms with E-state index in [2.05, 4.69) is 0 Å². The summed E-state index contributed by atoms with van der Waals surface area (Å²) in [6.07, 6.45) is -0.921. The van der Waals surface area contributed by atoms with Crippen LogP contribution in [0.1, 0.15) is 10.4 Å². The van der Waals surface area contributed by atoms with E-state index in [0.29, 0.717) is 11.3 Å².